The highest BCUT2D eigenvalue weighted by Gasteiger charge is 2.34. The van der Waals surface area contributed by atoms with Gasteiger partial charge in [-0.2, -0.15) is 4.98 Å². The molecule has 0 spiro atoms. The quantitative estimate of drug-likeness (QED) is 0.889. The van der Waals surface area contributed by atoms with E-state index in [0.29, 0.717) is 24.2 Å². The molecule has 2 heterocycles. The molecule has 1 aliphatic heterocycles. The number of hydrogen-bond acceptors (Lipinski definition) is 5. The van der Waals surface area contributed by atoms with Gasteiger partial charge in [0, 0.05) is 6.61 Å². The second-order valence-electron chi connectivity index (χ2n) is 5.52. The number of rotatable bonds is 5. The van der Waals surface area contributed by atoms with Crippen LogP contribution in [0.25, 0.3) is 0 Å². The van der Waals surface area contributed by atoms with Crippen molar-refractivity contribution >= 4 is 0 Å². The van der Waals surface area contributed by atoms with Crippen molar-refractivity contribution in [3.8, 4) is 0 Å². The largest absolute Gasteiger partial charge is 0.367 e. The predicted molar refractivity (Wildman–Crippen MR) is 72.7 cm³/mol. The van der Waals surface area contributed by atoms with E-state index in [0.717, 1.165) is 13.0 Å². The molecule has 1 fully saturated rings. The Morgan fingerprint density at radius 1 is 1.47 bits per heavy atom. The van der Waals surface area contributed by atoms with Gasteiger partial charge in [-0.15, -0.1) is 0 Å². The molecule has 0 bridgehead atoms. The molecule has 0 amide bonds. The van der Waals surface area contributed by atoms with Gasteiger partial charge < -0.3 is 14.6 Å². The molecule has 19 heavy (non-hydrogen) atoms. The molecule has 1 aromatic heterocycles. The van der Waals surface area contributed by atoms with Crippen molar-refractivity contribution in [2.45, 2.75) is 58.6 Å². The van der Waals surface area contributed by atoms with Gasteiger partial charge in [-0.25, -0.2) is 0 Å². The minimum absolute atomic E-state index is 0.178. The Hall–Kier alpha value is -0.940. The summed E-state index contributed by atoms with van der Waals surface area (Å²) < 4.78 is 11.3. The van der Waals surface area contributed by atoms with Gasteiger partial charge in [0.25, 0.3) is 0 Å². The van der Waals surface area contributed by atoms with Gasteiger partial charge >= 0.3 is 0 Å². The average molecular weight is 267 g/mol. The Bertz CT molecular complexity index is 407. The van der Waals surface area contributed by atoms with Gasteiger partial charge in [0.15, 0.2) is 0 Å². The highest BCUT2D eigenvalue weighted by atomic mass is 16.5. The molecular formula is C14H25N3O2. The molecule has 5 nitrogen and oxygen atoms in total. The predicted octanol–water partition coefficient (Wildman–Crippen LogP) is 2.79. The summed E-state index contributed by atoms with van der Waals surface area (Å²) in [5, 5.41) is 7.60. The summed E-state index contributed by atoms with van der Waals surface area (Å²) in [4.78, 5) is 4.58. The summed E-state index contributed by atoms with van der Waals surface area (Å²) in [5.74, 6) is 1.88. The highest BCUT2D eigenvalue weighted by Crippen LogP contribution is 2.31. The van der Waals surface area contributed by atoms with Crippen molar-refractivity contribution < 1.29 is 9.26 Å². The topological polar surface area (TPSA) is 60.2 Å². The number of piperidine rings is 1. The van der Waals surface area contributed by atoms with E-state index in [1.165, 1.54) is 12.8 Å². The zero-order valence-corrected chi connectivity index (χ0v) is 12.4. The average Bonchev–Trinajstić information content (AvgIpc) is 2.89. The lowest BCUT2D eigenvalue weighted by molar-refractivity contribution is -0.0403. The Balaban J connectivity index is 2.17. The van der Waals surface area contributed by atoms with Crippen LogP contribution in [0.2, 0.25) is 0 Å². The standard InChI is InChI=1S/C14H25N3O2/c1-5-14(4,18-6-2)13-16-12(19-17-13)11-10(3)8-7-9-15-11/h10-11,15H,5-9H2,1-4H3. The van der Waals surface area contributed by atoms with E-state index in [1.54, 1.807) is 0 Å². The first-order valence-electron chi connectivity index (χ1n) is 7.32. The number of ether oxygens (including phenoxy) is 1. The lowest BCUT2D eigenvalue weighted by Crippen LogP contribution is -2.33. The molecule has 0 saturated carbocycles. The molecular weight excluding hydrogens is 242 g/mol. The van der Waals surface area contributed by atoms with Crippen molar-refractivity contribution in [1.82, 2.24) is 15.5 Å². The normalized spacial score (nSPS) is 27.2. The van der Waals surface area contributed by atoms with Crippen LogP contribution in [0.4, 0.5) is 0 Å². The van der Waals surface area contributed by atoms with E-state index in [9.17, 15) is 0 Å². The molecule has 3 unspecified atom stereocenters. The minimum Gasteiger partial charge on any atom is -0.367 e. The Morgan fingerprint density at radius 2 is 2.26 bits per heavy atom. The molecule has 108 valence electrons. The summed E-state index contributed by atoms with van der Waals surface area (Å²) in [6.45, 7) is 9.97. The summed E-state index contributed by atoms with van der Waals surface area (Å²) in [6.07, 6.45) is 3.24. The van der Waals surface area contributed by atoms with Gasteiger partial charge in [0.05, 0.1) is 6.04 Å². The molecule has 0 aromatic carbocycles. The third kappa shape index (κ3) is 2.98. The maximum absolute atomic E-state index is 5.79. The number of aromatic nitrogens is 2. The van der Waals surface area contributed by atoms with Gasteiger partial charge in [0.1, 0.15) is 5.60 Å². The summed E-state index contributed by atoms with van der Waals surface area (Å²) in [5.41, 5.74) is -0.450. The van der Waals surface area contributed by atoms with Gasteiger partial charge in [0.2, 0.25) is 11.7 Å². The van der Waals surface area contributed by atoms with Crippen LogP contribution >= 0.6 is 0 Å². The van der Waals surface area contributed by atoms with E-state index in [4.69, 9.17) is 9.26 Å². The molecule has 2 rings (SSSR count). The Labute approximate surface area is 115 Å². The third-order valence-electron chi connectivity index (χ3n) is 4.09. The van der Waals surface area contributed by atoms with E-state index in [-0.39, 0.29) is 6.04 Å². The fourth-order valence-electron chi connectivity index (χ4n) is 2.60. The van der Waals surface area contributed by atoms with Crippen molar-refractivity contribution in [1.29, 1.82) is 0 Å². The van der Waals surface area contributed by atoms with Crippen LogP contribution in [0, 0.1) is 5.92 Å². The second-order valence-corrected chi connectivity index (χ2v) is 5.52. The van der Waals surface area contributed by atoms with E-state index in [2.05, 4.69) is 29.3 Å². The van der Waals surface area contributed by atoms with Crippen LogP contribution in [0.3, 0.4) is 0 Å². The van der Waals surface area contributed by atoms with E-state index >= 15 is 0 Å². The number of nitrogens with one attached hydrogen (secondary N) is 1. The summed E-state index contributed by atoms with van der Waals surface area (Å²) >= 11 is 0. The smallest absolute Gasteiger partial charge is 0.244 e. The second kappa shape index (κ2) is 6.01. The fraction of sp³-hybridized carbons (Fsp3) is 0.857. The zero-order valence-electron chi connectivity index (χ0n) is 12.4. The molecule has 1 aliphatic rings. The van der Waals surface area contributed by atoms with Crippen molar-refractivity contribution in [2.75, 3.05) is 13.2 Å². The first kappa shape index (κ1) is 14.5. The molecule has 5 heteroatoms. The highest BCUT2D eigenvalue weighted by molar-refractivity contribution is 5.03. The fourth-order valence-corrected chi connectivity index (χ4v) is 2.60. The Morgan fingerprint density at radius 3 is 2.89 bits per heavy atom. The van der Waals surface area contributed by atoms with Crippen LogP contribution in [0.15, 0.2) is 4.52 Å². The summed E-state index contributed by atoms with van der Waals surface area (Å²) in [6, 6.07) is 0.178. The van der Waals surface area contributed by atoms with Crippen molar-refractivity contribution in [3.63, 3.8) is 0 Å². The van der Waals surface area contributed by atoms with Crippen molar-refractivity contribution in [2.24, 2.45) is 5.92 Å². The van der Waals surface area contributed by atoms with Gasteiger partial charge in [-0.1, -0.05) is 19.0 Å². The monoisotopic (exact) mass is 267 g/mol. The molecule has 1 saturated heterocycles. The maximum Gasteiger partial charge on any atom is 0.244 e. The zero-order chi connectivity index (χ0) is 13.9. The van der Waals surface area contributed by atoms with Crippen LogP contribution in [0.1, 0.15) is 64.7 Å². The van der Waals surface area contributed by atoms with Crippen molar-refractivity contribution in [3.05, 3.63) is 11.7 Å². The van der Waals surface area contributed by atoms with Gasteiger partial charge in [-0.3, -0.25) is 0 Å². The van der Waals surface area contributed by atoms with Crippen LogP contribution in [-0.2, 0) is 10.3 Å². The van der Waals surface area contributed by atoms with Gasteiger partial charge in [-0.05, 0) is 45.6 Å². The molecule has 1 aromatic rings. The van der Waals surface area contributed by atoms with Crippen LogP contribution < -0.4 is 5.32 Å². The van der Waals surface area contributed by atoms with E-state index in [1.807, 2.05) is 13.8 Å². The minimum atomic E-state index is -0.450. The first-order chi connectivity index (χ1) is 9.10. The molecule has 3 atom stereocenters. The van der Waals surface area contributed by atoms with E-state index < -0.39 is 5.60 Å². The summed E-state index contributed by atoms with van der Waals surface area (Å²) in [7, 11) is 0. The maximum atomic E-state index is 5.79. The third-order valence-corrected chi connectivity index (χ3v) is 4.09. The molecule has 1 N–H and O–H groups in total. The molecule has 0 radical (unpaired) electrons. The first-order valence-corrected chi connectivity index (χ1v) is 7.32. The number of nitrogens with zero attached hydrogens (tertiary/aromatic N) is 2. The SMILES string of the molecule is CCOC(C)(CC)c1noc(C2NCCCC2C)n1. The van der Waals surface area contributed by atoms with Crippen LogP contribution in [0.5, 0.6) is 0 Å². The molecule has 0 aliphatic carbocycles. The lowest BCUT2D eigenvalue weighted by Gasteiger charge is -2.27. The number of hydrogen-bond donors (Lipinski definition) is 1. The van der Waals surface area contributed by atoms with Crippen LogP contribution in [-0.4, -0.2) is 23.3 Å². The lowest BCUT2D eigenvalue weighted by atomic mass is 9.92. The Kier molecular flexibility index (Phi) is 4.58.